The number of rotatable bonds is 7. The van der Waals surface area contributed by atoms with Crippen LogP contribution in [0.3, 0.4) is 0 Å². The Hall–Kier alpha value is -2.65. The number of non-ortho nitro benzene ring substituents is 1. The van der Waals surface area contributed by atoms with Crippen molar-refractivity contribution in [3.05, 3.63) is 63.2 Å². The van der Waals surface area contributed by atoms with E-state index in [2.05, 4.69) is 5.32 Å². The monoisotopic (exact) mass is 425 g/mol. The number of nitrogens with one attached hydrogen (secondary N) is 1. The fourth-order valence-electron chi connectivity index (χ4n) is 2.69. The van der Waals surface area contributed by atoms with Gasteiger partial charge < -0.3 is 5.32 Å². The number of benzene rings is 2. The highest BCUT2D eigenvalue weighted by Gasteiger charge is 2.32. The average Bonchev–Trinajstić information content (AvgIpc) is 2.61. The average molecular weight is 426 g/mol. The first kappa shape index (κ1) is 21.6. The van der Waals surface area contributed by atoms with E-state index in [0.29, 0.717) is 5.69 Å². The van der Waals surface area contributed by atoms with Crippen molar-refractivity contribution in [2.75, 3.05) is 15.9 Å². The molecule has 150 valence electrons. The second-order valence-corrected chi connectivity index (χ2v) is 8.50. The first-order valence-corrected chi connectivity index (χ1v) is 10.6. The van der Waals surface area contributed by atoms with Crippen molar-refractivity contribution in [1.82, 2.24) is 0 Å². The van der Waals surface area contributed by atoms with Crippen molar-refractivity contribution < 1.29 is 18.1 Å². The second-order valence-electron chi connectivity index (χ2n) is 6.23. The van der Waals surface area contributed by atoms with E-state index in [1.54, 1.807) is 31.2 Å². The molecule has 0 aromatic heterocycles. The molecule has 0 radical (unpaired) electrons. The van der Waals surface area contributed by atoms with Gasteiger partial charge in [0.2, 0.25) is 15.9 Å². The van der Waals surface area contributed by atoms with Gasteiger partial charge in [-0.25, -0.2) is 8.42 Å². The molecule has 0 aliphatic heterocycles. The molecule has 0 heterocycles. The molecule has 1 amide bonds. The van der Waals surface area contributed by atoms with E-state index in [9.17, 15) is 23.3 Å². The van der Waals surface area contributed by atoms with Crippen molar-refractivity contribution in [2.45, 2.75) is 26.3 Å². The molecule has 0 unspecified atom stereocenters. The summed E-state index contributed by atoms with van der Waals surface area (Å²) in [6.45, 7) is 3.54. The van der Waals surface area contributed by atoms with Gasteiger partial charge >= 0.3 is 0 Å². The first-order valence-electron chi connectivity index (χ1n) is 8.35. The number of aryl methyl sites for hydroxylation is 1. The summed E-state index contributed by atoms with van der Waals surface area (Å²) >= 11 is 6.03. The molecule has 2 rings (SSSR count). The van der Waals surface area contributed by atoms with Crippen LogP contribution >= 0.6 is 11.6 Å². The molecule has 0 aliphatic rings. The minimum atomic E-state index is -3.78. The van der Waals surface area contributed by atoms with Crippen LogP contribution in [0.2, 0.25) is 5.02 Å². The molecular formula is C18H20ClN3O5S. The van der Waals surface area contributed by atoms with Gasteiger partial charge in [-0.05, 0) is 31.5 Å². The predicted octanol–water partition coefficient (Wildman–Crippen LogP) is 3.74. The van der Waals surface area contributed by atoms with Gasteiger partial charge in [-0.2, -0.15) is 0 Å². The summed E-state index contributed by atoms with van der Waals surface area (Å²) in [5, 5.41) is 13.6. The van der Waals surface area contributed by atoms with Gasteiger partial charge in [0.1, 0.15) is 6.04 Å². The number of amides is 1. The minimum absolute atomic E-state index is 0.0386. The van der Waals surface area contributed by atoms with Crippen LogP contribution in [0.5, 0.6) is 0 Å². The molecule has 8 nitrogen and oxygen atoms in total. The third-order valence-corrected chi connectivity index (χ3v) is 5.55. The van der Waals surface area contributed by atoms with Crippen LogP contribution < -0.4 is 9.62 Å². The number of nitrogens with zero attached hydrogens (tertiary/aromatic N) is 2. The van der Waals surface area contributed by atoms with E-state index in [0.717, 1.165) is 22.2 Å². The fourth-order valence-corrected chi connectivity index (χ4v) is 4.07. The van der Waals surface area contributed by atoms with Gasteiger partial charge in [0.15, 0.2) is 0 Å². The Bertz CT molecular complexity index is 993. The lowest BCUT2D eigenvalue weighted by atomic mass is 10.1. The second kappa shape index (κ2) is 8.57. The number of halogens is 1. The molecule has 0 fully saturated rings. The highest BCUT2D eigenvalue weighted by atomic mass is 35.5. The van der Waals surface area contributed by atoms with Gasteiger partial charge in [-0.15, -0.1) is 0 Å². The normalized spacial score (nSPS) is 12.3. The summed E-state index contributed by atoms with van der Waals surface area (Å²) in [6, 6.07) is 9.30. The zero-order chi connectivity index (χ0) is 21.1. The largest absolute Gasteiger partial charge is 0.323 e. The topological polar surface area (TPSA) is 110 Å². The number of nitro benzene ring substituents is 1. The standard InChI is InChI=1S/C18H20ClN3O5S/c1-4-17(21(28(3,26)27)13-7-5-12(2)6-8-13)18(23)20-16-11-14(22(24)25)9-10-15(16)19/h5-11,17H,4H2,1-3H3,(H,20,23)/t17-/m0/s1. The Labute approximate surface area is 168 Å². The van der Waals surface area contributed by atoms with Crippen LogP contribution in [0.1, 0.15) is 18.9 Å². The zero-order valence-corrected chi connectivity index (χ0v) is 17.1. The van der Waals surface area contributed by atoms with Crippen molar-refractivity contribution in [2.24, 2.45) is 0 Å². The SMILES string of the molecule is CC[C@@H](C(=O)Nc1cc([N+](=O)[O-])ccc1Cl)N(c1ccc(C)cc1)S(C)(=O)=O. The summed E-state index contributed by atoms with van der Waals surface area (Å²) in [5.74, 6) is -0.643. The quantitative estimate of drug-likeness (QED) is 0.536. The van der Waals surface area contributed by atoms with Crippen molar-refractivity contribution in [3.63, 3.8) is 0 Å². The number of hydrogen-bond donors (Lipinski definition) is 1. The smallest absolute Gasteiger partial charge is 0.271 e. The Morgan fingerprint density at radius 1 is 1.25 bits per heavy atom. The maximum absolute atomic E-state index is 12.9. The highest BCUT2D eigenvalue weighted by Crippen LogP contribution is 2.28. The van der Waals surface area contributed by atoms with Crippen LogP contribution in [0.25, 0.3) is 0 Å². The van der Waals surface area contributed by atoms with Crippen LogP contribution in [-0.4, -0.2) is 31.5 Å². The third-order valence-electron chi connectivity index (χ3n) is 4.04. The maximum Gasteiger partial charge on any atom is 0.271 e. The van der Waals surface area contributed by atoms with E-state index in [1.165, 1.54) is 12.1 Å². The Balaban J connectivity index is 2.41. The van der Waals surface area contributed by atoms with E-state index in [-0.39, 0.29) is 22.8 Å². The summed E-state index contributed by atoms with van der Waals surface area (Å²) in [4.78, 5) is 23.2. The Morgan fingerprint density at radius 2 is 1.86 bits per heavy atom. The number of nitro groups is 1. The first-order chi connectivity index (χ1) is 13.0. The summed E-state index contributed by atoms with van der Waals surface area (Å²) in [7, 11) is -3.78. The molecule has 0 saturated carbocycles. The van der Waals surface area contributed by atoms with Crippen molar-refractivity contribution in [3.8, 4) is 0 Å². The molecule has 10 heteroatoms. The van der Waals surface area contributed by atoms with Crippen molar-refractivity contribution >= 4 is 44.6 Å². The summed E-state index contributed by atoms with van der Waals surface area (Å²) in [6.07, 6.45) is 1.20. The van der Waals surface area contributed by atoms with Crippen LogP contribution in [0.15, 0.2) is 42.5 Å². The van der Waals surface area contributed by atoms with E-state index >= 15 is 0 Å². The van der Waals surface area contributed by atoms with Crippen molar-refractivity contribution in [1.29, 1.82) is 0 Å². The molecule has 2 aromatic rings. The summed E-state index contributed by atoms with van der Waals surface area (Å²) in [5.41, 5.74) is 1.08. The summed E-state index contributed by atoms with van der Waals surface area (Å²) < 4.78 is 25.9. The van der Waals surface area contributed by atoms with Crippen LogP contribution in [0, 0.1) is 17.0 Å². The van der Waals surface area contributed by atoms with Gasteiger partial charge in [-0.3, -0.25) is 19.2 Å². The predicted molar refractivity (Wildman–Crippen MR) is 109 cm³/mol. The highest BCUT2D eigenvalue weighted by molar-refractivity contribution is 7.92. The molecule has 0 aliphatic carbocycles. The minimum Gasteiger partial charge on any atom is -0.323 e. The molecular weight excluding hydrogens is 406 g/mol. The number of carbonyl (C=O) groups is 1. The molecule has 2 aromatic carbocycles. The molecule has 0 spiro atoms. The molecule has 1 atom stereocenters. The van der Waals surface area contributed by atoms with Crippen LogP contribution in [0.4, 0.5) is 17.1 Å². The zero-order valence-electron chi connectivity index (χ0n) is 15.5. The third kappa shape index (κ3) is 4.99. The maximum atomic E-state index is 12.9. The Morgan fingerprint density at radius 3 is 2.36 bits per heavy atom. The molecule has 0 saturated heterocycles. The molecule has 28 heavy (non-hydrogen) atoms. The lowest BCUT2D eigenvalue weighted by Crippen LogP contribution is -2.47. The van der Waals surface area contributed by atoms with Gasteiger partial charge in [0, 0.05) is 12.1 Å². The van der Waals surface area contributed by atoms with Gasteiger partial charge in [0.05, 0.1) is 27.6 Å². The number of carbonyl (C=O) groups excluding carboxylic acids is 1. The lowest BCUT2D eigenvalue weighted by Gasteiger charge is -2.30. The van der Waals surface area contributed by atoms with Gasteiger partial charge in [-0.1, -0.05) is 36.2 Å². The molecule has 1 N–H and O–H groups in total. The molecule has 0 bridgehead atoms. The number of sulfonamides is 1. The number of hydrogen-bond acceptors (Lipinski definition) is 5. The number of anilines is 2. The lowest BCUT2D eigenvalue weighted by molar-refractivity contribution is -0.384. The van der Waals surface area contributed by atoms with Gasteiger partial charge in [0.25, 0.3) is 5.69 Å². The van der Waals surface area contributed by atoms with E-state index in [4.69, 9.17) is 11.6 Å². The fraction of sp³-hybridized carbons (Fsp3) is 0.278. The van der Waals surface area contributed by atoms with E-state index in [1.807, 2.05) is 6.92 Å². The van der Waals surface area contributed by atoms with E-state index < -0.39 is 26.9 Å². The van der Waals surface area contributed by atoms with Crippen LogP contribution in [-0.2, 0) is 14.8 Å². The Kier molecular flexibility index (Phi) is 6.63.